The van der Waals surface area contributed by atoms with Gasteiger partial charge in [0.2, 0.25) is 5.91 Å². The van der Waals surface area contributed by atoms with Crippen molar-refractivity contribution >= 4 is 56.4 Å². The van der Waals surface area contributed by atoms with Gasteiger partial charge in [0, 0.05) is 59.0 Å². The van der Waals surface area contributed by atoms with E-state index in [1.165, 1.54) is 6.92 Å². The summed E-state index contributed by atoms with van der Waals surface area (Å²) in [5.74, 6) is -0.967. The number of hydrogen-bond acceptors (Lipinski definition) is 4. The minimum Gasteiger partial charge on any atom is -0.361 e. The number of imide groups is 1. The Balaban J connectivity index is 1.69. The molecule has 0 radical (unpaired) electrons. The molecule has 5 rings (SSSR count). The van der Waals surface area contributed by atoms with Gasteiger partial charge < -0.3 is 20.2 Å². The van der Waals surface area contributed by atoms with Crippen molar-refractivity contribution in [1.29, 1.82) is 0 Å². The van der Waals surface area contributed by atoms with Gasteiger partial charge in [0.15, 0.2) is 0 Å². The molecule has 8 heteroatoms. The molecule has 0 atom stereocenters. The van der Waals surface area contributed by atoms with Gasteiger partial charge in [-0.3, -0.25) is 19.7 Å². The zero-order valence-corrected chi connectivity index (χ0v) is 19.7. The fourth-order valence-corrected chi connectivity index (χ4v) is 4.76. The highest BCUT2D eigenvalue weighted by Gasteiger charge is 2.35. The highest BCUT2D eigenvalue weighted by Crippen LogP contribution is 2.38. The number of amides is 3. The Hall–Kier alpha value is -4.17. The monoisotopic (exact) mass is 469 g/mol. The first-order valence-electron chi connectivity index (χ1n) is 11.8. The third-order valence-electron chi connectivity index (χ3n) is 6.26. The number of benzene rings is 2. The molecule has 0 aliphatic carbocycles. The van der Waals surface area contributed by atoms with Crippen LogP contribution in [0.25, 0.3) is 33.0 Å². The topological polar surface area (TPSA) is 108 Å². The molecule has 1 aliphatic rings. The van der Waals surface area contributed by atoms with Crippen LogP contribution in [0.15, 0.2) is 54.9 Å². The maximum atomic E-state index is 13.1. The highest BCUT2D eigenvalue weighted by molar-refractivity contribution is 6.50. The van der Waals surface area contributed by atoms with E-state index < -0.39 is 11.8 Å². The van der Waals surface area contributed by atoms with Gasteiger partial charge in [-0.05, 0) is 37.7 Å². The van der Waals surface area contributed by atoms with Gasteiger partial charge in [0.05, 0.1) is 16.7 Å². The molecule has 0 saturated heterocycles. The molecule has 3 amide bonds. The van der Waals surface area contributed by atoms with E-state index in [0.717, 1.165) is 47.9 Å². The van der Waals surface area contributed by atoms with Gasteiger partial charge in [-0.15, -0.1) is 0 Å². The number of nitrogens with one attached hydrogen (secondary N) is 4. The van der Waals surface area contributed by atoms with Crippen molar-refractivity contribution in [3.05, 3.63) is 66.0 Å². The summed E-state index contributed by atoms with van der Waals surface area (Å²) in [5.41, 5.74) is 4.59. The second-order valence-electron chi connectivity index (χ2n) is 8.64. The van der Waals surface area contributed by atoms with Crippen LogP contribution in [-0.2, 0) is 20.9 Å². The van der Waals surface area contributed by atoms with Crippen molar-refractivity contribution in [3.8, 4) is 0 Å². The summed E-state index contributed by atoms with van der Waals surface area (Å²) in [5, 5.41) is 10.4. The van der Waals surface area contributed by atoms with Crippen LogP contribution < -0.4 is 16.0 Å². The first kappa shape index (κ1) is 22.6. The smallest absolute Gasteiger partial charge is 0.259 e. The second-order valence-corrected chi connectivity index (χ2v) is 8.64. The summed E-state index contributed by atoms with van der Waals surface area (Å²) < 4.78 is 2.09. The fraction of sp³-hybridized carbons (Fsp3) is 0.222. The van der Waals surface area contributed by atoms with E-state index in [4.69, 9.17) is 0 Å². The normalized spacial score (nSPS) is 13.8. The lowest BCUT2D eigenvalue weighted by Gasteiger charge is -2.07. The van der Waals surface area contributed by atoms with Crippen molar-refractivity contribution in [1.82, 2.24) is 20.2 Å². The molecule has 0 unspecified atom stereocenters. The first-order chi connectivity index (χ1) is 17.0. The summed E-state index contributed by atoms with van der Waals surface area (Å²) in [6, 6.07) is 13.3. The summed E-state index contributed by atoms with van der Waals surface area (Å²) in [6.07, 6.45) is 4.61. The highest BCUT2D eigenvalue weighted by atomic mass is 16.2. The second kappa shape index (κ2) is 9.23. The number of para-hydroxylation sites is 1. The summed E-state index contributed by atoms with van der Waals surface area (Å²) in [6.45, 7) is 6.01. The minimum absolute atomic E-state index is 0.153. The number of H-pyrrole nitrogens is 1. The van der Waals surface area contributed by atoms with Gasteiger partial charge in [-0.2, -0.15) is 0 Å². The number of carbonyl (C=O) groups is 3. The predicted molar refractivity (Wildman–Crippen MR) is 138 cm³/mol. The Labute approximate surface area is 202 Å². The van der Waals surface area contributed by atoms with E-state index >= 15 is 0 Å². The van der Waals surface area contributed by atoms with Gasteiger partial charge in [0.25, 0.3) is 11.8 Å². The molecule has 0 saturated carbocycles. The van der Waals surface area contributed by atoms with Crippen molar-refractivity contribution in [2.24, 2.45) is 0 Å². The van der Waals surface area contributed by atoms with Crippen LogP contribution in [0.3, 0.4) is 0 Å². The van der Waals surface area contributed by atoms with E-state index in [9.17, 15) is 14.4 Å². The number of aromatic nitrogens is 2. The maximum absolute atomic E-state index is 13.1. The van der Waals surface area contributed by atoms with E-state index in [1.54, 1.807) is 6.20 Å². The van der Waals surface area contributed by atoms with E-state index in [-0.39, 0.29) is 5.91 Å². The zero-order valence-electron chi connectivity index (χ0n) is 19.7. The lowest BCUT2D eigenvalue weighted by molar-refractivity contribution is -0.123. The van der Waals surface area contributed by atoms with Gasteiger partial charge in [0.1, 0.15) is 0 Å². The summed E-state index contributed by atoms with van der Waals surface area (Å²) >= 11 is 0. The molecule has 1 aliphatic heterocycles. The molecule has 2 aromatic heterocycles. The van der Waals surface area contributed by atoms with Crippen LogP contribution in [0.4, 0.5) is 5.69 Å². The molecule has 0 fully saturated rings. The van der Waals surface area contributed by atoms with Gasteiger partial charge >= 0.3 is 0 Å². The Morgan fingerprint density at radius 1 is 1.00 bits per heavy atom. The van der Waals surface area contributed by atoms with Crippen LogP contribution in [0, 0.1) is 0 Å². The molecule has 35 heavy (non-hydrogen) atoms. The molecule has 8 nitrogen and oxygen atoms in total. The third-order valence-corrected chi connectivity index (χ3v) is 6.26. The Bertz CT molecular complexity index is 1510. The molecule has 0 bridgehead atoms. The average molecular weight is 470 g/mol. The minimum atomic E-state index is -0.409. The van der Waals surface area contributed by atoms with Gasteiger partial charge in [-0.1, -0.05) is 31.2 Å². The van der Waals surface area contributed by atoms with Crippen molar-refractivity contribution in [3.63, 3.8) is 0 Å². The SMILES string of the molecule is CCNCCCn1cc(C2=C(c3c[nH]c4ccccc34)C(=O)NC2=O)c2ccc(NC(C)=O)cc21. The number of anilines is 1. The molecule has 2 aromatic carbocycles. The maximum Gasteiger partial charge on any atom is 0.259 e. The molecule has 4 N–H and O–H groups in total. The molecule has 4 aromatic rings. The first-order valence-corrected chi connectivity index (χ1v) is 11.8. The van der Waals surface area contributed by atoms with Gasteiger partial charge in [-0.25, -0.2) is 0 Å². The van der Waals surface area contributed by atoms with E-state index in [0.29, 0.717) is 28.0 Å². The number of hydrogen-bond donors (Lipinski definition) is 4. The molecule has 3 heterocycles. The summed E-state index contributed by atoms with van der Waals surface area (Å²) in [4.78, 5) is 41.0. The lowest BCUT2D eigenvalue weighted by Crippen LogP contribution is -2.22. The van der Waals surface area contributed by atoms with Crippen molar-refractivity contribution < 1.29 is 14.4 Å². The van der Waals surface area contributed by atoms with Crippen LogP contribution in [0.1, 0.15) is 31.4 Å². The Morgan fingerprint density at radius 2 is 1.77 bits per heavy atom. The Kier molecular flexibility index (Phi) is 5.96. The number of nitrogens with zero attached hydrogens (tertiary/aromatic N) is 1. The molecule has 0 spiro atoms. The van der Waals surface area contributed by atoms with Crippen LogP contribution in [0.5, 0.6) is 0 Å². The Morgan fingerprint density at radius 3 is 2.54 bits per heavy atom. The number of aryl methyl sites for hydroxylation is 1. The van der Waals surface area contributed by atoms with E-state index in [1.807, 2.05) is 48.7 Å². The summed E-state index contributed by atoms with van der Waals surface area (Å²) in [7, 11) is 0. The number of aromatic amines is 1. The van der Waals surface area contributed by atoms with Crippen LogP contribution in [-0.4, -0.2) is 40.4 Å². The molecular formula is C27H27N5O3. The van der Waals surface area contributed by atoms with Crippen LogP contribution in [0.2, 0.25) is 0 Å². The standard InChI is InChI=1S/C27H27N5O3/c1-3-28-11-6-12-32-15-21(19-10-9-17(13-23(19)32)30-16(2)33)25-24(26(34)31-27(25)35)20-14-29-22-8-5-4-7-18(20)22/h4-5,7-10,13-15,28-29H,3,6,11-12H2,1-2H3,(H,30,33)(H,31,34,35). The fourth-order valence-electron chi connectivity index (χ4n) is 4.76. The predicted octanol–water partition coefficient (Wildman–Crippen LogP) is 3.65. The van der Waals surface area contributed by atoms with E-state index in [2.05, 4.69) is 32.4 Å². The van der Waals surface area contributed by atoms with Crippen molar-refractivity contribution in [2.45, 2.75) is 26.8 Å². The number of rotatable bonds is 8. The zero-order chi connectivity index (χ0) is 24.5. The molecule has 178 valence electrons. The van der Waals surface area contributed by atoms with Crippen LogP contribution >= 0.6 is 0 Å². The lowest BCUT2D eigenvalue weighted by atomic mass is 9.95. The number of carbonyl (C=O) groups excluding carboxylic acids is 3. The quantitative estimate of drug-likeness (QED) is 0.233. The largest absolute Gasteiger partial charge is 0.361 e. The average Bonchev–Trinajstić information content (AvgIpc) is 3.49. The number of fused-ring (bicyclic) bond motifs is 2. The molecular weight excluding hydrogens is 442 g/mol. The van der Waals surface area contributed by atoms with Crippen molar-refractivity contribution in [2.75, 3.05) is 18.4 Å². The third kappa shape index (κ3) is 4.13.